The third-order valence-corrected chi connectivity index (χ3v) is 3.58. The van der Waals surface area contributed by atoms with Crippen molar-refractivity contribution in [3.8, 4) is 0 Å². The van der Waals surface area contributed by atoms with Crippen LogP contribution in [0.1, 0.15) is 6.92 Å². The molecular weight excluding hydrogens is 316 g/mol. The molecule has 2 amide bonds. The molecule has 24 heavy (non-hydrogen) atoms. The van der Waals surface area contributed by atoms with Crippen molar-refractivity contribution in [3.63, 3.8) is 0 Å². The molecule has 1 N–H and O–H groups in total. The predicted octanol–water partition coefficient (Wildman–Crippen LogP) is 2.94. The van der Waals surface area contributed by atoms with Gasteiger partial charge in [-0.15, -0.1) is 0 Å². The number of carbonyl (C=O) groups excluding carboxylic acids is 2. The van der Waals surface area contributed by atoms with Crippen molar-refractivity contribution in [2.75, 3.05) is 10.3 Å². The van der Waals surface area contributed by atoms with E-state index in [1.165, 1.54) is 0 Å². The summed E-state index contributed by atoms with van der Waals surface area (Å²) >= 11 is 0. The van der Waals surface area contributed by atoms with Gasteiger partial charge in [-0.3, -0.25) is 9.59 Å². The first-order valence-electron chi connectivity index (χ1n) is 7.17. The van der Waals surface area contributed by atoms with Crippen molar-refractivity contribution >= 4 is 28.9 Å². The third-order valence-electron chi connectivity index (χ3n) is 3.58. The molecule has 1 aliphatic heterocycles. The second-order valence-corrected chi connectivity index (χ2v) is 5.27. The highest BCUT2D eigenvalue weighted by Gasteiger charge is 2.39. The number of halogens is 2. The van der Waals surface area contributed by atoms with Crippen molar-refractivity contribution in [3.05, 3.63) is 60.2 Å². The van der Waals surface area contributed by atoms with Crippen LogP contribution in [0.25, 0.3) is 0 Å². The zero-order valence-electron chi connectivity index (χ0n) is 12.7. The molecule has 0 fully saturated rings. The van der Waals surface area contributed by atoms with Crippen molar-refractivity contribution in [1.82, 2.24) is 0 Å². The van der Waals surface area contributed by atoms with E-state index in [1.807, 2.05) is 0 Å². The minimum Gasteiger partial charge on any atom is -0.323 e. The molecule has 1 aliphatic rings. The Morgan fingerprint density at radius 3 is 2.54 bits per heavy atom. The molecular formula is C17H13F2N3O2. The van der Waals surface area contributed by atoms with Gasteiger partial charge in [-0.25, -0.2) is 8.78 Å². The number of nitrogens with one attached hydrogen (secondary N) is 1. The summed E-state index contributed by atoms with van der Waals surface area (Å²) in [4.78, 5) is 24.8. The highest BCUT2D eigenvalue weighted by molar-refractivity contribution is 6.28. The zero-order valence-corrected chi connectivity index (χ0v) is 12.7. The first-order chi connectivity index (χ1) is 11.5. The minimum absolute atomic E-state index is 0.194. The standard InChI is InChI=1S/C17H13F2N3O2/c1-10-15(16(23)20-14-8-7-11(18)9-13(14)19)17(24)22(21-10)12-5-3-2-4-6-12/h2-9,15H,1H3,(H,20,23)/t15-/m1/s1. The molecule has 0 saturated carbocycles. The summed E-state index contributed by atoms with van der Waals surface area (Å²) in [6, 6.07) is 11.4. The molecule has 0 spiro atoms. The molecule has 2 aromatic rings. The molecule has 3 rings (SSSR count). The third kappa shape index (κ3) is 2.88. The first-order valence-corrected chi connectivity index (χ1v) is 7.17. The first kappa shape index (κ1) is 15.8. The van der Waals surface area contributed by atoms with Crippen LogP contribution < -0.4 is 10.3 Å². The lowest BCUT2D eigenvalue weighted by molar-refractivity contribution is -0.127. The molecule has 0 bridgehead atoms. The highest BCUT2D eigenvalue weighted by Crippen LogP contribution is 2.25. The van der Waals surface area contributed by atoms with Crippen LogP contribution in [0.4, 0.5) is 20.2 Å². The predicted molar refractivity (Wildman–Crippen MR) is 85.5 cm³/mol. The Hall–Kier alpha value is -3.09. The maximum atomic E-state index is 13.7. The van der Waals surface area contributed by atoms with E-state index in [0.717, 1.165) is 17.1 Å². The Balaban J connectivity index is 1.81. The number of anilines is 2. The Morgan fingerprint density at radius 1 is 1.17 bits per heavy atom. The molecule has 0 aliphatic carbocycles. The summed E-state index contributed by atoms with van der Waals surface area (Å²) in [5.41, 5.74) is 0.633. The fourth-order valence-corrected chi connectivity index (χ4v) is 2.42. The van der Waals surface area contributed by atoms with Crippen LogP contribution in [0.3, 0.4) is 0 Å². The van der Waals surface area contributed by atoms with E-state index < -0.39 is 29.4 Å². The number of nitrogens with zero attached hydrogens (tertiary/aromatic N) is 2. The van der Waals surface area contributed by atoms with Gasteiger partial charge in [0.15, 0.2) is 5.92 Å². The van der Waals surface area contributed by atoms with Gasteiger partial charge in [0.05, 0.1) is 17.1 Å². The maximum absolute atomic E-state index is 13.7. The van der Waals surface area contributed by atoms with Crippen molar-refractivity contribution in [2.24, 2.45) is 11.0 Å². The van der Waals surface area contributed by atoms with Crippen LogP contribution >= 0.6 is 0 Å². The topological polar surface area (TPSA) is 61.8 Å². The lowest BCUT2D eigenvalue weighted by Gasteiger charge is -2.14. The van der Waals surface area contributed by atoms with Crippen molar-refractivity contribution < 1.29 is 18.4 Å². The van der Waals surface area contributed by atoms with Crippen molar-refractivity contribution in [1.29, 1.82) is 0 Å². The highest BCUT2D eigenvalue weighted by atomic mass is 19.1. The summed E-state index contributed by atoms with van der Waals surface area (Å²) in [6.45, 7) is 1.55. The van der Waals surface area contributed by atoms with Crippen LogP contribution in [-0.4, -0.2) is 17.5 Å². The Labute approximate surface area is 136 Å². The molecule has 0 aromatic heterocycles. The lowest BCUT2D eigenvalue weighted by Crippen LogP contribution is -2.36. The molecule has 7 heteroatoms. The molecule has 5 nitrogen and oxygen atoms in total. The van der Waals surface area contributed by atoms with E-state index in [-0.39, 0.29) is 5.69 Å². The van der Waals surface area contributed by atoms with Gasteiger partial charge in [0.1, 0.15) is 11.6 Å². The van der Waals surface area contributed by atoms with Gasteiger partial charge in [-0.2, -0.15) is 10.1 Å². The quantitative estimate of drug-likeness (QED) is 0.880. The Bertz CT molecular complexity index is 837. The summed E-state index contributed by atoms with van der Waals surface area (Å²) in [5, 5.41) is 7.55. The van der Waals surface area contributed by atoms with Crippen LogP contribution in [0.15, 0.2) is 53.6 Å². The van der Waals surface area contributed by atoms with Crippen LogP contribution in [0, 0.1) is 17.6 Å². The van der Waals surface area contributed by atoms with Gasteiger partial charge in [-0.1, -0.05) is 18.2 Å². The fourth-order valence-electron chi connectivity index (χ4n) is 2.42. The number of hydrogen-bond donors (Lipinski definition) is 1. The number of hydrogen-bond acceptors (Lipinski definition) is 3. The number of para-hydroxylation sites is 1. The molecule has 2 aromatic carbocycles. The van der Waals surface area contributed by atoms with Crippen LogP contribution in [-0.2, 0) is 9.59 Å². The van der Waals surface area contributed by atoms with Gasteiger partial charge < -0.3 is 5.32 Å². The normalized spacial score (nSPS) is 17.0. The zero-order chi connectivity index (χ0) is 17.3. The largest absolute Gasteiger partial charge is 0.323 e. The lowest BCUT2D eigenvalue weighted by atomic mass is 10.0. The monoisotopic (exact) mass is 329 g/mol. The molecule has 0 saturated heterocycles. The Morgan fingerprint density at radius 2 is 1.88 bits per heavy atom. The van der Waals surface area contributed by atoms with Gasteiger partial charge in [-0.05, 0) is 31.2 Å². The minimum atomic E-state index is -1.16. The average Bonchev–Trinajstić information content (AvgIpc) is 2.85. The average molecular weight is 329 g/mol. The summed E-state index contributed by atoms with van der Waals surface area (Å²) in [7, 11) is 0. The van der Waals surface area contributed by atoms with E-state index in [4.69, 9.17) is 0 Å². The van der Waals surface area contributed by atoms with Gasteiger partial charge >= 0.3 is 0 Å². The van der Waals surface area contributed by atoms with E-state index in [0.29, 0.717) is 17.5 Å². The van der Waals surface area contributed by atoms with Crippen LogP contribution in [0.5, 0.6) is 0 Å². The van der Waals surface area contributed by atoms with E-state index >= 15 is 0 Å². The van der Waals surface area contributed by atoms with Gasteiger partial charge in [0.2, 0.25) is 5.91 Å². The van der Waals surface area contributed by atoms with Crippen LogP contribution in [0.2, 0.25) is 0 Å². The number of amides is 2. The second-order valence-electron chi connectivity index (χ2n) is 5.27. The summed E-state index contributed by atoms with van der Waals surface area (Å²) in [5.74, 6) is -4.07. The molecule has 1 atom stereocenters. The number of carbonyl (C=O) groups is 2. The number of rotatable bonds is 3. The van der Waals surface area contributed by atoms with Gasteiger partial charge in [0.25, 0.3) is 5.91 Å². The molecule has 122 valence electrons. The maximum Gasteiger partial charge on any atom is 0.265 e. The summed E-state index contributed by atoms with van der Waals surface area (Å²) in [6.07, 6.45) is 0. The van der Waals surface area contributed by atoms with Gasteiger partial charge in [0, 0.05) is 6.07 Å². The SMILES string of the molecule is CC1=NN(c2ccccc2)C(=O)[C@H]1C(=O)Nc1ccc(F)cc1F. The number of hydrazone groups is 1. The van der Waals surface area contributed by atoms with Crippen molar-refractivity contribution in [2.45, 2.75) is 6.92 Å². The molecule has 1 heterocycles. The van der Waals surface area contributed by atoms with E-state index in [2.05, 4.69) is 10.4 Å². The van der Waals surface area contributed by atoms with E-state index in [1.54, 1.807) is 37.3 Å². The fraction of sp³-hybridized carbons (Fsp3) is 0.118. The van der Waals surface area contributed by atoms with E-state index in [9.17, 15) is 18.4 Å². The summed E-state index contributed by atoms with van der Waals surface area (Å²) < 4.78 is 26.6. The molecule has 0 unspecified atom stereocenters. The molecule has 0 radical (unpaired) electrons. The Kier molecular flexibility index (Phi) is 4.07. The number of benzene rings is 2. The smallest absolute Gasteiger partial charge is 0.265 e. The second kappa shape index (κ2) is 6.19.